The summed E-state index contributed by atoms with van der Waals surface area (Å²) >= 11 is 0. The highest BCUT2D eigenvalue weighted by atomic mass is 31.2. The number of para-hydroxylation sites is 1. The van der Waals surface area contributed by atoms with E-state index in [2.05, 4.69) is 11.7 Å². The molecule has 1 aromatic rings. The van der Waals surface area contributed by atoms with Gasteiger partial charge in [-0.1, -0.05) is 24.8 Å². The van der Waals surface area contributed by atoms with Gasteiger partial charge in [0.2, 0.25) is 0 Å². The summed E-state index contributed by atoms with van der Waals surface area (Å²) in [6, 6.07) is 9.24. The van der Waals surface area contributed by atoms with E-state index in [1.807, 2.05) is 26.8 Å². The second kappa shape index (κ2) is 15.3. The van der Waals surface area contributed by atoms with Crippen molar-refractivity contribution in [2.45, 2.75) is 33.2 Å². The molecular weight excluding hydrogens is 441 g/mol. The Morgan fingerprint density at radius 2 is 1.68 bits per heavy atom. The summed E-state index contributed by atoms with van der Waals surface area (Å²) in [5, 5.41) is 2.85. The van der Waals surface area contributed by atoms with Crippen molar-refractivity contribution in [2.75, 3.05) is 39.6 Å². The Hall–Kier alpha value is -1.52. The quantitative estimate of drug-likeness (QED) is 0.111. The number of carbonyl (C=O) groups excluding carboxylic acids is 1. The van der Waals surface area contributed by atoms with Crippen LogP contribution in [-0.2, 0) is 31.9 Å². The van der Waals surface area contributed by atoms with Gasteiger partial charge in [-0.2, -0.15) is 0 Å². The third-order valence-electron chi connectivity index (χ3n) is 3.78. The van der Waals surface area contributed by atoms with Gasteiger partial charge in [-0.15, -0.1) is 0 Å². The van der Waals surface area contributed by atoms with Gasteiger partial charge in [-0.3, -0.25) is 4.52 Å². The Morgan fingerprint density at radius 1 is 1.06 bits per heavy atom. The first-order chi connectivity index (χ1) is 14.9. The lowest BCUT2D eigenvalue weighted by molar-refractivity contribution is -0.138. The first-order valence-corrected chi connectivity index (χ1v) is 13.8. The molecule has 0 saturated carbocycles. The van der Waals surface area contributed by atoms with Gasteiger partial charge in [-0.25, -0.2) is 14.4 Å². The summed E-state index contributed by atoms with van der Waals surface area (Å²) < 4.78 is 46.6. The molecule has 1 atom stereocenters. The van der Waals surface area contributed by atoms with Crippen molar-refractivity contribution in [1.29, 1.82) is 0 Å². The second-order valence-corrected chi connectivity index (χ2v) is 10.6. The summed E-state index contributed by atoms with van der Waals surface area (Å²) in [5.74, 6) is -0.192. The highest BCUT2D eigenvalue weighted by Gasteiger charge is 2.40. The first kappa shape index (κ1) is 27.5. The van der Waals surface area contributed by atoms with Gasteiger partial charge in [0.1, 0.15) is 12.4 Å². The van der Waals surface area contributed by atoms with Gasteiger partial charge in [0.25, 0.3) is 0 Å². The van der Waals surface area contributed by atoms with Crippen LogP contribution in [0.5, 0.6) is 5.75 Å². The normalized spacial score (nSPS) is 13.4. The van der Waals surface area contributed by atoms with E-state index >= 15 is 0 Å². The van der Waals surface area contributed by atoms with Crippen LogP contribution in [0.2, 0.25) is 6.04 Å². The van der Waals surface area contributed by atoms with E-state index in [1.165, 1.54) is 0 Å². The fourth-order valence-electron chi connectivity index (χ4n) is 2.61. The number of hydrogen-bond donors (Lipinski definition) is 1. The van der Waals surface area contributed by atoms with Crippen molar-refractivity contribution in [3.63, 3.8) is 0 Å². The molecule has 0 aliphatic carbocycles. The molecule has 1 N–H and O–H groups in total. The monoisotopic (exact) mass is 475 g/mol. The molecule has 176 valence electrons. The van der Waals surface area contributed by atoms with Crippen LogP contribution in [0.3, 0.4) is 0 Å². The maximum atomic E-state index is 13.2. The highest BCUT2D eigenvalue weighted by Crippen LogP contribution is 2.44. The number of ether oxygens (including phenoxy) is 1. The van der Waals surface area contributed by atoms with E-state index in [0.29, 0.717) is 44.6 Å². The zero-order valence-electron chi connectivity index (χ0n) is 18.5. The number of carbonyl (C=O) groups is 1. The Morgan fingerprint density at radius 3 is 2.23 bits per heavy atom. The van der Waals surface area contributed by atoms with Crippen molar-refractivity contribution >= 4 is 22.5 Å². The molecule has 9 nitrogen and oxygen atoms in total. The maximum absolute atomic E-state index is 13.2. The average Bonchev–Trinajstić information content (AvgIpc) is 2.75. The molecule has 0 amide bonds. The highest BCUT2D eigenvalue weighted by molar-refractivity contribution is 7.52. The fraction of sp³-hybridized carbons (Fsp3) is 0.550. The predicted octanol–water partition coefficient (Wildman–Crippen LogP) is 3.95. The van der Waals surface area contributed by atoms with E-state index in [4.69, 9.17) is 27.1 Å². The molecule has 0 fully saturated rings. The zero-order valence-corrected chi connectivity index (χ0v) is 20.4. The standard InChI is InChI=1S/C20H34NO8PSi/c1-5-20(22)24-16-17-25-30(23,29-19-13-10-9-11-14-19)21-15-12-18-31(26-6-2,27-7-3)28-8-4/h5,9-11,13-14H,1,6-8,12,15-18H2,2-4H3,(H,21,23). The van der Waals surface area contributed by atoms with Crippen LogP contribution in [0, 0.1) is 0 Å². The van der Waals surface area contributed by atoms with Crippen LogP contribution in [-0.4, -0.2) is 54.4 Å². The van der Waals surface area contributed by atoms with E-state index in [0.717, 1.165) is 6.08 Å². The molecule has 0 saturated heterocycles. The third kappa shape index (κ3) is 11.1. The summed E-state index contributed by atoms with van der Waals surface area (Å²) in [6.45, 7) is 10.6. The first-order valence-electron chi connectivity index (χ1n) is 10.4. The minimum absolute atomic E-state index is 0.0796. The molecule has 0 heterocycles. The van der Waals surface area contributed by atoms with Crippen LogP contribution in [0.15, 0.2) is 43.0 Å². The van der Waals surface area contributed by atoms with Crippen LogP contribution >= 0.6 is 7.75 Å². The van der Waals surface area contributed by atoms with Crippen molar-refractivity contribution in [1.82, 2.24) is 5.09 Å². The fourth-order valence-corrected chi connectivity index (χ4v) is 6.57. The number of esters is 1. The van der Waals surface area contributed by atoms with E-state index in [1.54, 1.807) is 24.3 Å². The molecule has 0 aliphatic rings. The summed E-state index contributed by atoms with van der Waals surface area (Å²) in [6.07, 6.45) is 1.62. The minimum Gasteiger partial charge on any atom is -0.460 e. The molecule has 0 bridgehead atoms. The molecule has 1 rings (SSSR count). The van der Waals surface area contributed by atoms with E-state index in [9.17, 15) is 9.36 Å². The number of benzene rings is 1. The third-order valence-corrected chi connectivity index (χ3v) is 8.52. The van der Waals surface area contributed by atoms with Gasteiger partial charge in [0.15, 0.2) is 0 Å². The van der Waals surface area contributed by atoms with Crippen molar-refractivity contribution < 1.29 is 36.4 Å². The largest absolute Gasteiger partial charge is 0.500 e. The molecular formula is C20H34NO8PSi. The molecule has 0 aromatic heterocycles. The Bertz CT molecular complexity index is 674. The van der Waals surface area contributed by atoms with Crippen LogP contribution < -0.4 is 9.61 Å². The number of rotatable bonds is 18. The molecule has 0 spiro atoms. The van der Waals surface area contributed by atoms with Gasteiger partial charge < -0.3 is 22.5 Å². The summed E-state index contributed by atoms with van der Waals surface area (Å²) in [7, 11) is -6.50. The second-order valence-electron chi connectivity index (χ2n) is 6.10. The predicted molar refractivity (Wildman–Crippen MR) is 120 cm³/mol. The van der Waals surface area contributed by atoms with Crippen LogP contribution in [0.1, 0.15) is 27.2 Å². The topological polar surface area (TPSA) is 102 Å². The van der Waals surface area contributed by atoms with Crippen molar-refractivity contribution in [3.8, 4) is 5.75 Å². The zero-order chi connectivity index (χ0) is 23.0. The maximum Gasteiger partial charge on any atom is 0.500 e. The van der Waals surface area contributed by atoms with Gasteiger partial charge in [0, 0.05) is 38.5 Å². The average molecular weight is 476 g/mol. The Kier molecular flexibility index (Phi) is 13.6. The smallest absolute Gasteiger partial charge is 0.460 e. The molecule has 1 aromatic carbocycles. The number of hydrogen-bond acceptors (Lipinski definition) is 8. The van der Waals surface area contributed by atoms with Crippen molar-refractivity contribution in [2.24, 2.45) is 0 Å². The van der Waals surface area contributed by atoms with Crippen molar-refractivity contribution in [3.05, 3.63) is 43.0 Å². The lowest BCUT2D eigenvalue weighted by Crippen LogP contribution is -2.46. The SMILES string of the molecule is C=CC(=O)OCCOP(=O)(NCCC[Si](OCC)(OCC)OCC)Oc1ccccc1. The molecule has 11 heteroatoms. The summed E-state index contributed by atoms with van der Waals surface area (Å²) in [5.41, 5.74) is 0. The summed E-state index contributed by atoms with van der Waals surface area (Å²) in [4.78, 5) is 11.1. The molecule has 31 heavy (non-hydrogen) atoms. The van der Waals surface area contributed by atoms with Crippen LogP contribution in [0.4, 0.5) is 0 Å². The lowest BCUT2D eigenvalue weighted by Gasteiger charge is -2.28. The molecule has 0 radical (unpaired) electrons. The van der Waals surface area contributed by atoms with Gasteiger partial charge in [0.05, 0.1) is 6.61 Å². The van der Waals surface area contributed by atoms with Gasteiger partial charge >= 0.3 is 22.5 Å². The van der Waals surface area contributed by atoms with E-state index < -0.39 is 22.5 Å². The number of nitrogens with one attached hydrogen (secondary N) is 1. The molecule has 1 unspecified atom stereocenters. The lowest BCUT2D eigenvalue weighted by atomic mass is 10.3. The molecule has 0 aliphatic heterocycles. The Labute approximate surface area is 186 Å². The Balaban J connectivity index is 2.69. The van der Waals surface area contributed by atoms with Gasteiger partial charge in [-0.05, 0) is 39.3 Å². The minimum atomic E-state index is -3.71. The van der Waals surface area contributed by atoms with E-state index in [-0.39, 0.29) is 13.2 Å². The van der Waals surface area contributed by atoms with Crippen LogP contribution in [0.25, 0.3) is 0 Å².